The van der Waals surface area contributed by atoms with E-state index in [2.05, 4.69) is 39.7 Å². The van der Waals surface area contributed by atoms with Crippen molar-refractivity contribution in [3.05, 3.63) is 0 Å². The van der Waals surface area contributed by atoms with Crippen molar-refractivity contribution in [2.24, 2.45) is 0 Å². The molecule has 0 spiro atoms. The number of rotatable bonds is 3. The molecule has 0 N–H and O–H groups in total. The molecule has 0 radical (unpaired) electrons. The molecule has 0 aliphatic carbocycles. The molecule has 0 aromatic carbocycles. The molecule has 0 fully saturated rings. The van der Waals surface area contributed by atoms with E-state index < -0.39 is 15.2 Å². The fraction of sp³-hybridized carbons (Fsp3) is 1.00. The summed E-state index contributed by atoms with van der Waals surface area (Å²) < 4.78 is 0. The molecular formula is C8H22Si2. The lowest BCUT2D eigenvalue weighted by Gasteiger charge is -2.35. The summed E-state index contributed by atoms with van der Waals surface area (Å²) in [6, 6.07) is 1.53. The number of hydrogen-bond acceptors (Lipinski definition) is 0. The molecule has 62 valence electrons. The van der Waals surface area contributed by atoms with Crippen LogP contribution < -0.4 is 0 Å². The predicted octanol–water partition coefficient (Wildman–Crippen LogP) is 3.52. The monoisotopic (exact) mass is 174 g/mol. The van der Waals surface area contributed by atoms with Gasteiger partial charge in [-0.25, -0.2) is 0 Å². The fourth-order valence-corrected chi connectivity index (χ4v) is 6.00. The first-order chi connectivity index (χ1) is 4.31. The van der Waals surface area contributed by atoms with E-state index in [-0.39, 0.29) is 0 Å². The van der Waals surface area contributed by atoms with Gasteiger partial charge in [-0.2, -0.15) is 0 Å². The van der Waals surface area contributed by atoms with E-state index in [1.54, 1.807) is 0 Å². The Kier molecular flexibility index (Phi) is 3.36. The fourth-order valence-electron chi connectivity index (χ4n) is 1.000. The second kappa shape index (κ2) is 3.22. The van der Waals surface area contributed by atoms with Gasteiger partial charge < -0.3 is 0 Å². The lowest BCUT2D eigenvalue weighted by molar-refractivity contribution is 1.06. The standard InChI is InChI=1S/C8H22Si2/c1-7-8-10(5,6)9(2,3)4/h7-8H2,1-6H3. The van der Waals surface area contributed by atoms with Crippen molar-refractivity contribution >= 4 is 15.2 Å². The number of hydrogen-bond donors (Lipinski definition) is 0. The van der Waals surface area contributed by atoms with E-state index in [0.29, 0.717) is 0 Å². The molecule has 0 unspecified atom stereocenters. The minimum absolute atomic E-state index is 0.766. The topological polar surface area (TPSA) is 0 Å². The summed E-state index contributed by atoms with van der Waals surface area (Å²) >= 11 is 0. The summed E-state index contributed by atoms with van der Waals surface area (Å²) in [5.74, 6) is 0. The van der Waals surface area contributed by atoms with Gasteiger partial charge in [-0.1, -0.05) is 52.1 Å². The highest BCUT2D eigenvalue weighted by Gasteiger charge is 2.35. The summed E-state index contributed by atoms with van der Waals surface area (Å²) in [7, 11) is -1.53. The molecular weight excluding hydrogens is 152 g/mol. The van der Waals surface area contributed by atoms with E-state index in [0.717, 1.165) is 0 Å². The highest BCUT2D eigenvalue weighted by Crippen LogP contribution is 2.23. The van der Waals surface area contributed by atoms with Gasteiger partial charge in [-0.3, -0.25) is 0 Å². The molecule has 0 amide bonds. The van der Waals surface area contributed by atoms with Gasteiger partial charge in [0, 0.05) is 15.2 Å². The maximum atomic E-state index is 2.56. The highest BCUT2D eigenvalue weighted by atomic mass is 29.3. The molecule has 0 bridgehead atoms. The Morgan fingerprint density at radius 3 is 1.40 bits per heavy atom. The van der Waals surface area contributed by atoms with Crippen molar-refractivity contribution in [2.75, 3.05) is 0 Å². The van der Waals surface area contributed by atoms with Gasteiger partial charge in [-0.15, -0.1) is 0 Å². The predicted molar refractivity (Wildman–Crippen MR) is 55.9 cm³/mol. The zero-order valence-electron chi connectivity index (χ0n) is 8.41. The van der Waals surface area contributed by atoms with Crippen molar-refractivity contribution in [2.45, 2.75) is 52.1 Å². The van der Waals surface area contributed by atoms with Crippen LogP contribution in [-0.4, -0.2) is 15.2 Å². The molecule has 2 heteroatoms. The minimum Gasteiger partial charge on any atom is -0.0715 e. The second-order valence-electron chi connectivity index (χ2n) is 4.88. The Hall–Kier alpha value is 0.434. The van der Waals surface area contributed by atoms with Gasteiger partial charge in [0.15, 0.2) is 0 Å². The summed E-state index contributed by atoms with van der Waals surface area (Å²) in [5.41, 5.74) is 0. The summed E-state index contributed by atoms with van der Waals surface area (Å²) in [6.07, 6.45) is 1.39. The molecule has 0 nitrogen and oxygen atoms in total. The quantitative estimate of drug-likeness (QED) is 0.574. The van der Waals surface area contributed by atoms with Crippen molar-refractivity contribution in [3.8, 4) is 0 Å². The van der Waals surface area contributed by atoms with Gasteiger partial charge >= 0.3 is 0 Å². The molecule has 0 aliphatic heterocycles. The third-order valence-electron chi connectivity index (χ3n) is 2.91. The maximum absolute atomic E-state index is 2.56. The molecule has 0 saturated heterocycles. The van der Waals surface area contributed by atoms with Crippen LogP contribution in [0.5, 0.6) is 0 Å². The van der Waals surface area contributed by atoms with E-state index in [1.165, 1.54) is 12.5 Å². The first kappa shape index (κ1) is 10.4. The third-order valence-corrected chi connectivity index (χ3v) is 21.6. The normalized spacial score (nSPS) is 13.8. The lowest BCUT2D eigenvalue weighted by atomic mass is 10.6. The van der Waals surface area contributed by atoms with Crippen molar-refractivity contribution in [1.29, 1.82) is 0 Å². The molecule has 0 aliphatic rings. The molecule has 0 rings (SSSR count). The molecule has 0 saturated carbocycles. The summed E-state index contributed by atoms with van der Waals surface area (Å²) in [6.45, 7) is 15.0. The zero-order valence-corrected chi connectivity index (χ0v) is 10.4. The van der Waals surface area contributed by atoms with Crippen molar-refractivity contribution < 1.29 is 0 Å². The van der Waals surface area contributed by atoms with Crippen molar-refractivity contribution in [1.82, 2.24) is 0 Å². The highest BCUT2D eigenvalue weighted by molar-refractivity contribution is 7.40. The van der Waals surface area contributed by atoms with Gasteiger partial charge in [0.05, 0.1) is 0 Å². The van der Waals surface area contributed by atoms with Crippen LogP contribution >= 0.6 is 0 Å². The maximum Gasteiger partial charge on any atom is 0.0410 e. The lowest BCUT2D eigenvalue weighted by Crippen LogP contribution is -2.51. The van der Waals surface area contributed by atoms with Crippen LogP contribution in [0.2, 0.25) is 38.8 Å². The molecule has 0 aromatic heterocycles. The Balaban J connectivity index is 4.10. The van der Waals surface area contributed by atoms with Crippen LogP contribution in [0.15, 0.2) is 0 Å². The SMILES string of the molecule is CCC[Si](C)(C)[Si](C)(C)C. The Labute approximate surface area is 67.8 Å². The Morgan fingerprint density at radius 2 is 1.30 bits per heavy atom. The van der Waals surface area contributed by atoms with Crippen LogP contribution in [0.1, 0.15) is 13.3 Å². The second-order valence-corrected chi connectivity index (χ2v) is 22.2. The van der Waals surface area contributed by atoms with Gasteiger partial charge in [-0.05, 0) is 0 Å². The Bertz CT molecular complexity index is 100. The summed E-state index contributed by atoms with van der Waals surface area (Å²) in [4.78, 5) is 0. The van der Waals surface area contributed by atoms with Crippen LogP contribution in [0, 0.1) is 0 Å². The molecule has 0 atom stereocenters. The van der Waals surface area contributed by atoms with Gasteiger partial charge in [0.1, 0.15) is 0 Å². The van der Waals surface area contributed by atoms with E-state index in [1.807, 2.05) is 0 Å². The van der Waals surface area contributed by atoms with Crippen LogP contribution in [0.25, 0.3) is 0 Å². The van der Waals surface area contributed by atoms with Crippen LogP contribution in [0.4, 0.5) is 0 Å². The van der Waals surface area contributed by atoms with E-state index in [4.69, 9.17) is 0 Å². The summed E-state index contributed by atoms with van der Waals surface area (Å²) in [5, 5.41) is 0. The third kappa shape index (κ3) is 2.58. The minimum atomic E-state index is -0.767. The average molecular weight is 174 g/mol. The van der Waals surface area contributed by atoms with E-state index in [9.17, 15) is 0 Å². The average Bonchev–Trinajstić information content (AvgIpc) is 1.61. The van der Waals surface area contributed by atoms with Crippen LogP contribution in [0.3, 0.4) is 0 Å². The first-order valence-corrected chi connectivity index (χ1v) is 12.0. The largest absolute Gasteiger partial charge is 0.0715 e. The Morgan fingerprint density at radius 1 is 0.900 bits per heavy atom. The first-order valence-electron chi connectivity index (χ1n) is 4.31. The van der Waals surface area contributed by atoms with Crippen molar-refractivity contribution in [3.63, 3.8) is 0 Å². The molecule has 10 heavy (non-hydrogen) atoms. The van der Waals surface area contributed by atoms with E-state index >= 15 is 0 Å². The zero-order chi connectivity index (χ0) is 8.41. The smallest absolute Gasteiger partial charge is 0.0410 e. The van der Waals surface area contributed by atoms with Gasteiger partial charge in [0.2, 0.25) is 0 Å². The van der Waals surface area contributed by atoms with Gasteiger partial charge in [0.25, 0.3) is 0 Å². The molecule has 0 aromatic rings. The van der Waals surface area contributed by atoms with Crippen LogP contribution in [-0.2, 0) is 0 Å². The molecule has 0 heterocycles.